The van der Waals surface area contributed by atoms with E-state index in [2.05, 4.69) is 33.8 Å². The second kappa shape index (κ2) is 7.08. The number of fused-ring (bicyclic) bond motifs is 1. The van der Waals surface area contributed by atoms with Gasteiger partial charge in [-0.05, 0) is 31.7 Å². The standard InChI is InChI=1S/C20H23ClFN5/c1-12(2)11-27-20(21)18(13(3)25-27)16-5-4-8-26(16)17-6-7-23-15-9-14(22)10-24-19(15)17/h6-7,9-10,12,16H,4-5,8,11H2,1-3H3. The summed E-state index contributed by atoms with van der Waals surface area (Å²) in [5.74, 6) is 0.0940. The van der Waals surface area contributed by atoms with Gasteiger partial charge in [0.1, 0.15) is 16.5 Å². The highest BCUT2D eigenvalue weighted by atomic mass is 35.5. The zero-order valence-electron chi connectivity index (χ0n) is 15.8. The Hall–Kier alpha value is -2.21. The van der Waals surface area contributed by atoms with Crippen molar-refractivity contribution in [2.75, 3.05) is 11.4 Å². The van der Waals surface area contributed by atoms with Gasteiger partial charge < -0.3 is 4.90 Å². The highest BCUT2D eigenvalue weighted by Crippen LogP contribution is 2.42. The van der Waals surface area contributed by atoms with Crippen molar-refractivity contribution in [3.63, 3.8) is 0 Å². The summed E-state index contributed by atoms with van der Waals surface area (Å²) in [6.07, 6.45) is 5.02. The maximum Gasteiger partial charge on any atom is 0.143 e. The van der Waals surface area contributed by atoms with Crippen LogP contribution < -0.4 is 4.90 Å². The predicted octanol–water partition coefficient (Wildman–Crippen LogP) is 4.92. The molecule has 0 aliphatic carbocycles. The SMILES string of the molecule is Cc1nn(CC(C)C)c(Cl)c1C1CCCN1c1ccnc2cc(F)cnc12. The van der Waals surface area contributed by atoms with E-state index in [1.165, 1.54) is 12.3 Å². The molecular formula is C20H23ClFN5. The Morgan fingerprint density at radius 2 is 2.15 bits per heavy atom. The molecule has 0 radical (unpaired) electrons. The van der Waals surface area contributed by atoms with Crippen LogP contribution in [-0.2, 0) is 6.54 Å². The van der Waals surface area contributed by atoms with E-state index in [0.717, 1.165) is 48.0 Å². The van der Waals surface area contributed by atoms with Gasteiger partial charge in [-0.3, -0.25) is 9.67 Å². The van der Waals surface area contributed by atoms with Gasteiger partial charge in [-0.15, -0.1) is 0 Å². The first-order valence-electron chi connectivity index (χ1n) is 9.35. The minimum Gasteiger partial charge on any atom is -0.362 e. The number of aryl methyl sites for hydroxylation is 1. The van der Waals surface area contributed by atoms with Gasteiger partial charge in [0, 0.05) is 30.9 Å². The molecule has 0 amide bonds. The molecule has 0 bridgehead atoms. The van der Waals surface area contributed by atoms with Crippen LogP contribution in [-0.4, -0.2) is 26.3 Å². The number of hydrogen-bond donors (Lipinski definition) is 0. The lowest BCUT2D eigenvalue weighted by Gasteiger charge is -2.27. The van der Waals surface area contributed by atoms with Crippen LogP contribution in [0.3, 0.4) is 0 Å². The van der Waals surface area contributed by atoms with Crippen LogP contribution in [0.5, 0.6) is 0 Å². The molecule has 4 heterocycles. The molecule has 0 saturated carbocycles. The number of hydrogen-bond acceptors (Lipinski definition) is 4. The quantitative estimate of drug-likeness (QED) is 0.637. The van der Waals surface area contributed by atoms with E-state index in [4.69, 9.17) is 11.6 Å². The van der Waals surface area contributed by atoms with Gasteiger partial charge >= 0.3 is 0 Å². The monoisotopic (exact) mass is 387 g/mol. The van der Waals surface area contributed by atoms with Crippen molar-refractivity contribution in [3.05, 3.63) is 46.8 Å². The van der Waals surface area contributed by atoms with Crippen molar-refractivity contribution >= 4 is 28.3 Å². The Kier molecular flexibility index (Phi) is 4.76. The molecule has 1 atom stereocenters. The molecule has 1 saturated heterocycles. The van der Waals surface area contributed by atoms with Gasteiger partial charge in [-0.2, -0.15) is 5.10 Å². The van der Waals surface area contributed by atoms with Gasteiger partial charge in [0.15, 0.2) is 0 Å². The number of pyridine rings is 2. The van der Waals surface area contributed by atoms with E-state index in [0.29, 0.717) is 17.0 Å². The summed E-state index contributed by atoms with van der Waals surface area (Å²) in [7, 11) is 0. The van der Waals surface area contributed by atoms with Gasteiger partial charge in [0.05, 0.1) is 29.1 Å². The topological polar surface area (TPSA) is 46.8 Å². The van der Waals surface area contributed by atoms with Crippen LogP contribution in [0.2, 0.25) is 5.15 Å². The van der Waals surface area contributed by atoms with Crippen molar-refractivity contribution < 1.29 is 4.39 Å². The molecule has 0 N–H and O–H groups in total. The predicted molar refractivity (Wildman–Crippen MR) is 106 cm³/mol. The molecule has 4 rings (SSSR count). The van der Waals surface area contributed by atoms with Crippen LogP contribution in [0.15, 0.2) is 24.5 Å². The van der Waals surface area contributed by atoms with Crippen molar-refractivity contribution in [3.8, 4) is 0 Å². The van der Waals surface area contributed by atoms with E-state index in [1.54, 1.807) is 6.20 Å². The van der Waals surface area contributed by atoms with Crippen LogP contribution in [0.1, 0.15) is 44.0 Å². The summed E-state index contributed by atoms with van der Waals surface area (Å²) in [5.41, 5.74) is 4.30. The molecule has 5 nitrogen and oxygen atoms in total. The number of rotatable bonds is 4. The second-order valence-electron chi connectivity index (χ2n) is 7.57. The molecular weight excluding hydrogens is 365 g/mol. The molecule has 3 aromatic rings. The molecule has 27 heavy (non-hydrogen) atoms. The minimum absolute atomic E-state index is 0.135. The Labute approximate surface area is 163 Å². The lowest BCUT2D eigenvalue weighted by atomic mass is 10.0. The van der Waals surface area contributed by atoms with Crippen LogP contribution in [0.4, 0.5) is 10.1 Å². The Balaban J connectivity index is 1.77. The summed E-state index contributed by atoms with van der Waals surface area (Å²) in [5, 5.41) is 5.40. The van der Waals surface area contributed by atoms with Crippen LogP contribution >= 0.6 is 11.6 Å². The average molecular weight is 388 g/mol. The molecule has 1 fully saturated rings. The lowest BCUT2D eigenvalue weighted by Crippen LogP contribution is -2.23. The maximum absolute atomic E-state index is 13.6. The summed E-state index contributed by atoms with van der Waals surface area (Å²) in [4.78, 5) is 10.9. The fourth-order valence-electron chi connectivity index (χ4n) is 3.99. The Bertz CT molecular complexity index is 984. The largest absolute Gasteiger partial charge is 0.362 e. The third-order valence-electron chi connectivity index (χ3n) is 5.07. The Morgan fingerprint density at radius 3 is 2.93 bits per heavy atom. The molecule has 142 valence electrons. The van der Waals surface area contributed by atoms with E-state index in [1.807, 2.05) is 17.7 Å². The Morgan fingerprint density at radius 1 is 1.33 bits per heavy atom. The lowest BCUT2D eigenvalue weighted by molar-refractivity contribution is 0.481. The fourth-order valence-corrected chi connectivity index (χ4v) is 4.36. The molecule has 0 aromatic carbocycles. The fraction of sp³-hybridized carbons (Fsp3) is 0.450. The number of anilines is 1. The highest BCUT2D eigenvalue weighted by Gasteiger charge is 2.33. The number of nitrogens with zero attached hydrogens (tertiary/aromatic N) is 5. The summed E-state index contributed by atoms with van der Waals surface area (Å²) >= 11 is 6.74. The summed E-state index contributed by atoms with van der Waals surface area (Å²) in [6.45, 7) is 8.03. The van der Waals surface area contributed by atoms with Gasteiger partial charge in [0.2, 0.25) is 0 Å². The summed E-state index contributed by atoms with van der Waals surface area (Å²) in [6, 6.07) is 3.51. The third kappa shape index (κ3) is 3.27. The minimum atomic E-state index is -0.376. The normalized spacial score (nSPS) is 17.4. The van der Waals surface area contributed by atoms with E-state index in [-0.39, 0.29) is 11.9 Å². The number of halogens is 2. The summed E-state index contributed by atoms with van der Waals surface area (Å²) < 4.78 is 15.5. The van der Waals surface area contributed by atoms with Crippen molar-refractivity contribution in [1.29, 1.82) is 0 Å². The van der Waals surface area contributed by atoms with E-state index in [9.17, 15) is 4.39 Å². The van der Waals surface area contributed by atoms with E-state index < -0.39 is 0 Å². The first kappa shape index (κ1) is 18.2. The van der Waals surface area contributed by atoms with Crippen molar-refractivity contribution in [2.45, 2.75) is 46.2 Å². The molecule has 3 aromatic heterocycles. The molecule has 1 aliphatic rings. The molecule has 0 spiro atoms. The van der Waals surface area contributed by atoms with E-state index >= 15 is 0 Å². The highest BCUT2D eigenvalue weighted by molar-refractivity contribution is 6.30. The van der Waals surface area contributed by atoms with Crippen LogP contribution in [0, 0.1) is 18.7 Å². The molecule has 7 heteroatoms. The van der Waals surface area contributed by atoms with Gasteiger partial charge in [0.25, 0.3) is 0 Å². The van der Waals surface area contributed by atoms with Gasteiger partial charge in [-0.25, -0.2) is 9.37 Å². The van der Waals surface area contributed by atoms with Crippen molar-refractivity contribution in [1.82, 2.24) is 19.7 Å². The first-order valence-corrected chi connectivity index (χ1v) is 9.73. The van der Waals surface area contributed by atoms with Crippen molar-refractivity contribution in [2.24, 2.45) is 5.92 Å². The zero-order valence-corrected chi connectivity index (χ0v) is 16.5. The smallest absolute Gasteiger partial charge is 0.143 e. The second-order valence-corrected chi connectivity index (χ2v) is 7.93. The third-order valence-corrected chi connectivity index (χ3v) is 5.46. The van der Waals surface area contributed by atoms with Gasteiger partial charge in [-0.1, -0.05) is 25.4 Å². The molecule has 1 unspecified atom stereocenters. The maximum atomic E-state index is 13.6. The molecule has 1 aliphatic heterocycles. The van der Waals surface area contributed by atoms with Crippen LogP contribution in [0.25, 0.3) is 11.0 Å². The zero-order chi connectivity index (χ0) is 19.1. The first-order chi connectivity index (χ1) is 13.0. The average Bonchev–Trinajstić information content (AvgIpc) is 3.18. The number of aromatic nitrogens is 4.